The molecule has 1 aliphatic heterocycles. The minimum Gasteiger partial charge on any atom is -0.478 e. The van der Waals surface area contributed by atoms with Crippen molar-refractivity contribution in [2.45, 2.75) is 26.2 Å². The lowest BCUT2D eigenvalue weighted by Crippen LogP contribution is -2.39. The number of hydrogen-bond donors (Lipinski definition) is 1. The molecule has 2 aromatic rings. The maximum absolute atomic E-state index is 11.6. The van der Waals surface area contributed by atoms with Crippen LogP contribution in [0.2, 0.25) is 0 Å². The van der Waals surface area contributed by atoms with Gasteiger partial charge in [0.1, 0.15) is 0 Å². The summed E-state index contributed by atoms with van der Waals surface area (Å²) in [6, 6.07) is 1.54. The van der Waals surface area contributed by atoms with Crippen molar-refractivity contribution >= 4 is 11.9 Å². The predicted octanol–water partition coefficient (Wildman–Crippen LogP) is 2.04. The summed E-state index contributed by atoms with van der Waals surface area (Å²) in [4.78, 5) is 37.3. The molecule has 130 valence electrons. The van der Waals surface area contributed by atoms with Gasteiger partial charge in [0.05, 0.1) is 23.1 Å². The Labute approximate surface area is 145 Å². The Kier molecular flexibility index (Phi) is 5.02. The van der Waals surface area contributed by atoms with E-state index in [9.17, 15) is 9.59 Å². The number of aromatic carboxylic acids is 1. The van der Waals surface area contributed by atoms with E-state index < -0.39 is 5.97 Å². The lowest BCUT2D eigenvalue weighted by Gasteiger charge is -2.31. The molecular weight excluding hydrogens is 320 g/mol. The van der Waals surface area contributed by atoms with Gasteiger partial charge in [0.15, 0.2) is 0 Å². The second kappa shape index (κ2) is 7.38. The molecule has 0 bridgehead atoms. The number of nitrogens with zero attached hydrogens (tertiary/aromatic N) is 4. The van der Waals surface area contributed by atoms with Gasteiger partial charge >= 0.3 is 5.97 Å². The summed E-state index contributed by atoms with van der Waals surface area (Å²) in [5, 5.41) is 9.09. The van der Waals surface area contributed by atoms with Gasteiger partial charge < -0.3 is 10.0 Å². The first-order chi connectivity index (χ1) is 12.0. The number of carbonyl (C=O) groups is 2. The predicted molar refractivity (Wildman–Crippen MR) is 90.9 cm³/mol. The third-order valence-corrected chi connectivity index (χ3v) is 4.43. The SMILES string of the molecule is CC(=O)N1CCC[C@@H](Cc2cncc(-c3cncc(C(=O)O)c3)n2)C1. The molecule has 1 aliphatic rings. The lowest BCUT2D eigenvalue weighted by molar-refractivity contribution is -0.130. The zero-order valence-electron chi connectivity index (χ0n) is 14.1. The minimum atomic E-state index is -1.02. The summed E-state index contributed by atoms with van der Waals surface area (Å²) in [5.74, 6) is -0.545. The molecule has 0 aliphatic carbocycles. The number of carboxylic acids is 1. The maximum atomic E-state index is 11.6. The van der Waals surface area contributed by atoms with Crippen LogP contribution in [0.25, 0.3) is 11.3 Å². The Morgan fingerprint density at radius 3 is 2.80 bits per heavy atom. The Hall–Kier alpha value is -2.83. The van der Waals surface area contributed by atoms with Crippen LogP contribution in [0.15, 0.2) is 30.9 Å². The van der Waals surface area contributed by atoms with Gasteiger partial charge in [-0.15, -0.1) is 0 Å². The molecule has 0 radical (unpaired) electrons. The number of pyridine rings is 1. The van der Waals surface area contributed by atoms with Gasteiger partial charge in [0.25, 0.3) is 0 Å². The number of rotatable bonds is 4. The molecule has 2 aromatic heterocycles. The minimum absolute atomic E-state index is 0.112. The molecular formula is C18H20N4O3. The van der Waals surface area contributed by atoms with Gasteiger partial charge in [0.2, 0.25) is 5.91 Å². The van der Waals surface area contributed by atoms with E-state index in [4.69, 9.17) is 5.11 Å². The van der Waals surface area contributed by atoms with Crippen molar-refractivity contribution in [2.75, 3.05) is 13.1 Å². The fourth-order valence-corrected chi connectivity index (χ4v) is 3.15. The Balaban J connectivity index is 1.77. The number of piperidine rings is 1. The summed E-state index contributed by atoms with van der Waals surface area (Å²) >= 11 is 0. The van der Waals surface area contributed by atoms with Crippen LogP contribution in [0.4, 0.5) is 0 Å². The molecule has 0 aromatic carbocycles. The molecule has 7 nitrogen and oxygen atoms in total. The highest BCUT2D eigenvalue weighted by Gasteiger charge is 2.22. The van der Waals surface area contributed by atoms with E-state index in [0.29, 0.717) is 17.2 Å². The van der Waals surface area contributed by atoms with Crippen LogP contribution in [0, 0.1) is 5.92 Å². The molecule has 3 rings (SSSR count). The van der Waals surface area contributed by atoms with E-state index >= 15 is 0 Å². The summed E-state index contributed by atoms with van der Waals surface area (Å²) in [5.41, 5.74) is 2.19. The number of likely N-dealkylation sites (tertiary alicyclic amines) is 1. The molecule has 1 atom stereocenters. The summed E-state index contributed by atoms with van der Waals surface area (Å²) in [6.45, 7) is 3.17. The second-order valence-electron chi connectivity index (χ2n) is 6.34. The smallest absolute Gasteiger partial charge is 0.337 e. The maximum Gasteiger partial charge on any atom is 0.337 e. The lowest BCUT2D eigenvalue weighted by atomic mass is 9.93. The quantitative estimate of drug-likeness (QED) is 0.915. The molecule has 1 N–H and O–H groups in total. The van der Waals surface area contributed by atoms with E-state index in [2.05, 4.69) is 15.0 Å². The van der Waals surface area contributed by atoms with Gasteiger partial charge in [-0.3, -0.25) is 14.8 Å². The first kappa shape index (κ1) is 17.0. The van der Waals surface area contributed by atoms with Crippen LogP contribution < -0.4 is 0 Å². The Morgan fingerprint density at radius 1 is 1.24 bits per heavy atom. The number of carboxylic acid groups (broad SMARTS) is 1. The summed E-state index contributed by atoms with van der Waals surface area (Å²) < 4.78 is 0. The standard InChI is InChI=1S/C18H20N4O3/c1-12(23)22-4-2-3-13(11-22)5-16-9-20-10-17(21-16)14-6-15(18(24)25)8-19-7-14/h6-10,13H,2-5,11H2,1H3,(H,24,25)/t13-/m0/s1. The molecule has 3 heterocycles. The van der Waals surface area contributed by atoms with Crippen molar-refractivity contribution in [2.24, 2.45) is 5.92 Å². The topological polar surface area (TPSA) is 96.3 Å². The third kappa shape index (κ3) is 4.17. The summed E-state index contributed by atoms with van der Waals surface area (Å²) in [7, 11) is 0. The van der Waals surface area contributed by atoms with E-state index in [1.165, 1.54) is 6.20 Å². The monoisotopic (exact) mass is 340 g/mol. The van der Waals surface area contributed by atoms with Gasteiger partial charge in [-0.05, 0) is 31.2 Å². The molecule has 0 unspecified atom stereocenters. The Morgan fingerprint density at radius 2 is 2.04 bits per heavy atom. The molecule has 1 fully saturated rings. The van der Waals surface area contributed by atoms with Crippen molar-refractivity contribution in [3.63, 3.8) is 0 Å². The highest BCUT2D eigenvalue weighted by molar-refractivity contribution is 5.88. The number of aromatic nitrogens is 3. The fourth-order valence-electron chi connectivity index (χ4n) is 3.15. The first-order valence-electron chi connectivity index (χ1n) is 8.28. The van der Waals surface area contributed by atoms with Gasteiger partial charge in [0, 0.05) is 44.2 Å². The van der Waals surface area contributed by atoms with E-state index in [-0.39, 0.29) is 11.5 Å². The highest BCUT2D eigenvalue weighted by atomic mass is 16.4. The molecule has 1 amide bonds. The summed E-state index contributed by atoms with van der Waals surface area (Å²) in [6.07, 6.45) is 9.03. The first-order valence-corrected chi connectivity index (χ1v) is 8.28. The van der Waals surface area contributed by atoms with Crippen molar-refractivity contribution in [3.8, 4) is 11.3 Å². The molecule has 0 saturated carbocycles. The van der Waals surface area contributed by atoms with Gasteiger partial charge in [-0.25, -0.2) is 9.78 Å². The van der Waals surface area contributed by atoms with Crippen LogP contribution in [-0.4, -0.2) is 49.9 Å². The van der Waals surface area contributed by atoms with Crippen LogP contribution in [-0.2, 0) is 11.2 Å². The Bertz CT molecular complexity index is 793. The van der Waals surface area contributed by atoms with Crippen molar-refractivity contribution in [3.05, 3.63) is 42.1 Å². The van der Waals surface area contributed by atoms with Crippen LogP contribution >= 0.6 is 0 Å². The molecule has 7 heteroatoms. The normalized spacial score (nSPS) is 17.3. The number of amides is 1. The average molecular weight is 340 g/mol. The van der Waals surface area contributed by atoms with Gasteiger partial charge in [-0.1, -0.05) is 0 Å². The molecule has 0 spiro atoms. The molecule has 25 heavy (non-hydrogen) atoms. The number of hydrogen-bond acceptors (Lipinski definition) is 5. The van der Waals surface area contributed by atoms with Crippen LogP contribution in [0.5, 0.6) is 0 Å². The zero-order chi connectivity index (χ0) is 17.8. The van der Waals surface area contributed by atoms with Crippen LogP contribution in [0.3, 0.4) is 0 Å². The van der Waals surface area contributed by atoms with Crippen molar-refractivity contribution in [1.82, 2.24) is 19.9 Å². The van der Waals surface area contributed by atoms with E-state index in [0.717, 1.165) is 38.0 Å². The van der Waals surface area contributed by atoms with Gasteiger partial charge in [-0.2, -0.15) is 0 Å². The van der Waals surface area contributed by atoms with Crippen LogP contribution in [0.1, 0.15) is 35.8 Å². The van der Waals surface area contributed by atoms with Crippen molar-refractivity contribution in [1.29, 1.82) is 0 Å². The zero-order valence-corrected chi connectivity index (χ0v) is 14.1. The average Bonchev–Trinajstić information content (AvgIpc) is 2.62. The number of carbonyl (C=O) groups excluding carboxylic acids is 1. The van der Waals surface area contributed by atoms with E-state index in [1.807, 2.05) is 4.90 Å². The van der Waals surface area contributed by atoms with Crippen molar-refractivity contribution < 1.29 is 14.7 Å². The molecule has 1 saturated heterocycles. The highest BCUT2D eigenvalue weighted by Crippen LogP contribution is 2.22. The fraction of sp³-hybridized carbons (Fsp3) is 0.389. The largest absolute Gasteiger partial charge is 0.478 e. The van der Waals surface area contributed by atoms with E-state index in [1.54, 1.807) is 31.6 Å². The second-order valence-corrected chi connectivity index (χ2v) is 6.34. The third-order valence-electron chi connectivity index (χ3n) is 4.43.